The number of aromatic hydroxyl groups is 1. The fraction of sp³-hybridized carbons (Fsp3) is 0.583. The van der Waals surface area contributed by atoms with E-state index in [1.165, 1.54) is 29.2 Å². The highest BCUT2D eigenvalue weighted by molar-refractivity contribution is 5.95. The molecule has 34 heavy (non-hydrogen) atoms. The van der Waals surface area contributed by atoms with Crippen LogP contribution in [0.25, 0.3) is 0 Å². The molecule has 5 N–H and O–H groups in total. The normalized spacial score (nSPS) is 13.6. The SMILES string of the molecule is CC(C)NC(=O)C(c1ccc(O)cc1)N(C(=O)C(CC(N)=O)NC(=O)OC(C)(C)C)C(C)(C)C. The highest BCUT2D eigenvalue weighted by Crippen LogP contribution is 2.31. The molecule has 1 rings (SSSR count). The summed E-state index contributed by atoms with van der Waals surface area (Å²) in [4.78, 5) is 52.6. The number of hydrogen-bond donors (Lipinski definition) is 4. The maximum atomic E-state index is 13.8. The molecule has 0 bridgehead atoms. The first kappa shape index (κ1) is 28.7. The number of ether oxygens (including phenoxy) is 1. The van der Waals surface area contributed by atoms with Crippen molar-refractivity contribution in [1.82, 2.24) is 15.5 Å². The zero-order valence-electron chi connectivity index (χ0n) is 21.3. The number of nitrogens with zero attached hydrogens (tertiary/aromatic N) is 1. The van der Waals surface area contributed by atoms with Gasteiger partial charge < -0.3 is 31.1 Å². The molecule has 0 aromatic heterocycles. The van der Waals surface area contributed by atoms with E-state index in [4.69, 9.17) is 10.5 Å². The predicted octanol–water partition coefficient (Wildman–Crippen LogP) is 2.35. The van der Waals surface area contributed by atoms with E-state index in [2.05, 4.69) is 10.6 Å². The van der Waals surface area contributed by atoms with Crippen molar-refractivity contribution in [2.24, 2.45) is 5.73 Å². The zero-order chi connectivity index (χ0) is 26.4. The standard InChI is InChI=1S/C24H38N4O6/c1-14(2)26-20(31)19(15-9-11-16(29)12-10-15)28(23(3,4)5)21(32)17(13-18(25)30)27-22(33)34-24(6,7)8/h9-12,14,17,19,29H,13H2,1-8H3,(H2,25,30)(H,26,31)(H,27,33). The molecule has 0 saturated carbocycles. The van der Waals surface area contributed by atoms with Crippen molar-refractivity contribution >= 4 is 23.8 Å². The number of nitrogens with one attached hydrogen (secondary N) is 2. The van der Waals surface area contributed by atoms with Gasteiger partial charge in [-0.1, -0.05) is 12.1 Å². The number of rotatable bonds is 8. The minimum Gasteiger partial charge on any atom is -0.508 e. The van der Waals surface area contributed by atoms with Gasteiger partial charge in [0.15, 0.2) is 0 Å². The van der Waals surface area contributed by atoms with Crippen LogP contribution in [0.5, 0.6) is 5.75 Å². The van der Waals surface area contributed by atoms with Gasteiger partial charge in [0.1, 0.15) is 23.4 Å². The summed E-state index contributed by atoms with van der Waals surface area (Å²) in [5.74, 6) is -1.96. The highest BCUT2D eigenvalue weighted by Gasteiger charge is 2.42. The van der Waals surface area contributed by atoms with Crippen molar-refractivity contribution in [3.63, 3.8) is 0 Å². The van der Waals surface area contributed by atoms with E-state index in [1.807, 2.05) is 0 Å². The molecule has 0 heterocycles. The molecule has 10 heteroatoms. The van der Waals surface area contributed by atoms with Crippen LogP contribution in [-0.4, -0.2) is 57.0 Å². The number of phenols is 1. The van der Waals surface area contributed by atoms with Crippen LogP contribution in [0.3, 0.4) is 0 Å². The van der Waals surface area contributed by atoms with Gasteiger partial charge in [0.2, 0.25) is 17.7 Å². The second kappa shape index (κ2) is 11.2. The van der Waals surface area contributed by atoms with Gasteiger partial charge in [-0.15, -0.1) is 0 Å². The Balaban J connectivity index is 3.54. The molecular formula is C24H38N4O6. The lowest BCUT2D eigenvalue weighted by Crippen LogP contribution is -2.59. The van der Waals surface area contributed by atoms with E-state index in [-0.39, 0.29) is 11.8 Å². The van der Waals surface area contributed by atoms with Gasteiger partial charge in [-0.2, -0.15) is 0 Å². The number of carbonyl (C=O) groups excluding carboxylic acids is 4. The van der Waals surface area contributed by atoms with Gasteiger partial charge in [-0.05, 0) is 73.1 Å². The second-order valence-corrected chi connectivity index (χ2v) is 10.4. The Hall–Kier alpha value is -3.30. The van der Waals surface area contributed by atoms with E-state index in [9.17, 15) is 24.3 Å². The Morgan fingerprint density at radius 3 is 1.94 bits per heavy atom. The number of amides is 4. The predicted molar refractivity (Wildman–Crippen MR) is 128 cm³/mol. The Kier molecular flexibility index (Phi) is 9.48. The molecule has 4 amide bonds. The molecule has 10 nitrogen and oxygen atoms in total. The average molecular weight is 479 g/mol. The van der Waals surface area contributed by atoms with Crippen molar-refractivity contribution in [1.29, 1.82) is 0 Å². The summed E-state index contributed by atoms with van der Waals surface area (Å²) >= 11 is 0. The minimum atomic E-state index is -1.36. The lowest BCUT2D eigenvalue weighted by molar-refractivity contribution is -0.149. The molecule has 0 aliphatic rings. The molecule has 190 valence electrons. The third kappa shape index (κ3) is 8.92. The molecule has 0 fully saturated rings. The number of carbonyl (C=O) groups is 4. The second-order valence-electron chi connectivity index (χ2n) is 10.4. The molecule has 2 atom stereocenters. The van der Waals surface area contributed by atoms with Crippen LogP contribution in [-0.2, 0) is 19.1 Å². The van der Waals surface area contributed by atoms with Crippen LogP contribution in [0.1, 0.15) is 73.4 Å². The van der Waals surface area contributed by atoms with Crippen molar-refractivity contribution in [3.8, 4) is 5.75 Å². The number of alkyl carbamates (subject to hydrolysis) is 1. The largest absolute Gasteiger partial charge is 0.508 e. The molecule has 2 unspecified atom stereocenters. The van der Waals surface area contributed by atoms with E-state index in [1.54, 1.807) is 55.4 Å². The third-order valence-electron chi connectivity index (χ3n) is 4.50. The topological polar surface area (TPSA) is 151 Å². The fourth-order valence-electron chi connectivity index (χ4n) is 3.30. The first-order valence-corrected chi connectivity index (χ1v) is 11.1. The van der Waals surface area contributed by atoms with Gasteiger partial charge in [-0.3, -0.25) is 14.4 Å². The maximum absolute atomic E-state index is 13.8. The van der Waals surface area contributed by atoms with Crippen molar-refractivity contribution in [2.45, 2.75) is 91.1 Å². The summed E-state index contributed by atoms with van der Waals surface area (Å²) in [6.07, 6.45) is -1.38. The lowest BCUT2D eigenvalue weighted by atomic mass is 9.94. The molecular weight excluding hydrogens is 440 g/mol. The molecule has 0 radical (unpaired) electrons. The summed E-state index contributed by atoms with van der Waals surface area (Å²) in [6, 6.07) is 3.20. The molecule has 0 saturated heterocycles. The summed E-state index contributed by atoms with van der Waals surface area (Å²) in [5, 5.41) is 15.0. The monoisotopic (exact) mass is 478 g/mol. The van der Waals surface area contributed by atoms with Crippen molar-refractivity contribution < 1.29 is 29.0 Å². The van der Waals surface area contributed by atoms with Gasteiger partial charge >= 0.3 is 6.09 Å². The van der Waals surface area contributed by atoms with Crippen LogP contribution < -0.4 is 16.4 Å². The first-order valence-electron chi connectivity index (χ1n) is 11.1. The van der Waals surface area contributed by atoms with Crippen LogP contribution in [0.2, 0.25) is 0 Å². The summed E-state index contributed by atoms with van der Waals surface area (Å²) < 4.78 is 5.24. The van der Waals surface area contributed by atoms with Gasteiger partial charge in [0, 0.05) is 11.6 Å². The van der Waals surface area contributed by atoms with E-state index in [0.29, 0.717) is 5.56 Å². The summed E-state index contributed by atoms with van der Waals surface area (Å²) in [7, 11) is 0. The number of primary amides is 1. The Morgan fingerprint density at radius 1 is 1.00 bits per heavy atom. The van der Waals surface area contributed by atoms with E-state index in [0.717, 1.165) is 0 Å². The molecule has 0 aliphatic carbocycles. The highest BCUT2D eigenvalue weighted by atomic mass is 16.6. The molecule has 1 aromatic carbocycles. The van der Waals surface area contributed by atoms with Gasteiger partial charge in [0.25, 0.3) is 0 Å². The van der Waals surface area contributed by atoms with Crippen LogP contribution in [0.15, 0.2) is 24.3 Å². The van der Waals surface area contributed by atoms with E-state index >= 15 is 0 Å². The Bertz CT molecular complexity index is 884. The van der Waals surface area contributed by atoms with Crippen molar-refractivity contribution in [3.05, 3.63) is 29.8 Å². The number of benzene rings is 1. The van der Waals surface area contributed by atoms with Crippen LogP contribution in [0, 0.1) is 0 Å². The maximum Gasteiger partial charge on any atom is 0.408 e. The first-order chi connectivity index (χ1) is 15.4. The number of hydrogen-bond acceptors (Lipinski definition) is 6. The van der Waals surface area contributed by atoms with E-state index < -0.39 is 53.5 Å². The van der Waals surface area contributed by atoms with Crippen LogP contribution >= 0.6 is 0 Å². The molecule has 0 spiro atoms. The smallest absolute Gasteiger partial charge is 0.408 e. The Labute approximate surface area is 201 Å². The third-order valence-corrected chi connectivity index (χ3v) is 4.50. The van der Waals surface area contributed by atoms with Crippen molar-refractivity contribution in [2.75, 3.05) is 0 Å². The average Bonchev–Trinajstić information content (AvgIpc) is 2.62. The zero-order valence-corrected chi connectivity index (χ0v) is 21.3. The molecule has 0 aliphatic heterocycles. The summed E-state index contributed by atoms with van der Waals surface area (Å²) in [6.45, 7) is 13.8. The van der Waals surface area contributed by atoms with Crippen LogP contribution in [0.4, 0.5) is 4.79 Å². The lowest BCUT2D eigenvalue weighted by Gasteiger charge is -2.43. The fourth-order valence-corrected chi connectivity index (χ4v) is 3.30. The minimum absolute atomic E-state index is 0.00130. The number of phenolic OH excluding ortho intramolecular Hbond substituents is 1. The van der Waals surface area contributed by atoms with Gasteiger partial charge in [0.05, 0.1) is 6.42 Å². The number of nitrogens with two attached hydrogens (primary N) is 1. The summed E-state index contributed by atoms with van der Waals surface area (Å²) in [5.41, 5.74) is 4.05. The quantitative estimate of drug-likeness (QED) is 0.450. The molecule has 1 aromatic rings. The van der Waals surface area contributed by atoms with Gasteiger partial charge in [-0.25, -0.2) is 4.79 Å². The Morgan fingerprint density at radius 2 is 1.53 bits per heavy atom.